The van der Waals surface area contributed by atoms with Crippen LogP contribution in [-0.2, 0) is 0 Å². The molecule has 2 fully saturated rings. The van der Waals surface area contributed by atoms with Crippen molar-refractivity contribution < 1.29 is 4.79 Å². The lowest BCUT2D eigenvalue weighted by molar-refractivity contribution is 0.0740. The summed E-state index contributed by atoms with van der Waals surface area (Å²) in [5.41, 5.74) is 2.42. The van der Waals surface area contributed by atoms with Gasteiger partial charge in [-0.15, -0.1) is 0 Å². The molecule has 2 saturated heterocycles. The molecule has 3 aromatic rings. The van der Waals surface area contributed by atoms with E-state index in [1.54, 1.807) is 6.33 Å². The van der Waals surface area contributed by atoms with E-state index < -0.39 is 0 Å². The quantitative estimate of drug-likeness (QED) is 0.601. The van der Waals surface area contributed by atoms with Crippen molar-refractivity contribution in [3.8, 4) is 11.3 Å². The molecule has 170 valence electrons. The summed E-state index contributed by atoms with van der Waals surface area (Å²) in [5, 5.41) is 0. The topological polar surface area (TPSA) is 81.6 Å². The molecule has 9 heteroatoms. The molecule has 33 heavy (non-hydrogen) atoms. The summed E-state index contributed by atoms with van der Waals surface area (Å²) in [6.07, 6.45) is 3.11. The smallest absolute Gasteiger partial charge is 0.272 e. The Morgan fingerprint density at radius 2 is 1.33 bits per heavy atom. The molecule has 0 saturated carbocycles. The Labute approximate surface area is 193 Å². The number of carbonyl (C=O) groups is 1. The Balaban J connectivity index is 1.23. The molecule has 1 amide bonds. The number of aromatic nitrogens is 4. The van der Waals surface area contributed by atoms with Gasteiger partial charge in [0, 0.05) is 70.1 Å². The van der Waals surface area contributed by atoms with Gasteiger partial charge in [-0.2, -0.15) is 0 Å². The van der Waals surface area contributed by atoms with Crippen molar-refractivity contribution in [2.24, 2.45) is 0 Å². The predicted molar refractivity (Wildman–Crippen MR) is 127 cm³/mol. The molecule has 2 aliphatic heterocycles. The van der Waals surface area contributed by atoms with E-state index in [4.69, 9.17) is 0 Å². The first-order valence-corrected chi connectivity index (χ1v) is 11.3. The molecule has 0 bridgehead atoms. The van der Waals surface area contributed by atoms with Gasteiger partial charge in [-0.05, 0) is 7.05 Å². The standard InChI is InChI=1S/C24H28N8O/c1-29-7-9-30(10-8-29)23-16-21(26-18-28-23)24(33)32-13-11-31(12-14-32)22-15-20(25-17-27-22)19-5-3-2-4-6-19/h2-6,15-18H,7-14H2,1H3. The first-order chi connectivity index (χ1) is 16.2. The number of piperazine rings is 2. The Hall–Kier alpha value is -3.59. The van der Waals surface area contributed by atoms with E-state index in [0.717, 1.165) is 49.1 Å². The fourth-order valence-electron chi connectivity index (χ4n) is 4.26. The van der Waals surface area contributed by atoms with Gasteiger partial charge in [0.1, 0.15) is 30.0 Å². The Bertz CT molecular complexity index is 1090. The van der Waals surface area contributed by atoms with E-state index in [2.05, 4.69) is 41.7 Å². The zero-order valence-corrected chi connectivity index (χ0v) is 18.8. The minimum atomic E-state index is -0.0416. The highest BCUT2D eigenvalue weighted by Crippen LogP contribution is 2.22. The van der Waals surface area contributed by atoms with Crippen LogP contribution < -0.4 is 9.80 Å². The van der Waals surface area contributed by atoms with Crippen molar-refractivity contribution in [3.05, 3.63) is 60.8 Å². The zero-order valence-electron chi connectivity index (χ0n) is 18.8. The highest BCUT2D eigenvalue weighted by atomic mass is 16.2. The Morgan fingerprint density at radius 3 is 2.03 bits per heavy atom. The summed E-state index contributed by atoms with van der Waals surface area (Å²) in [7, 11) is 2.12. The molecular weight excluding hydrogens is 416 g/mol. The summed E-state index contributed by atoms with van der Waals surface area (Å²) in [6.45, 7) is 6.47. The highest BCUT2D eigenvalue weighted by Gasteiger charge is 2.25. The molecule has 1 aromatic carbocycles. The number of anilines is 2. The maximum absolute atomic E-state index is 13.1. The van der Waals surface area contributed by atoms with Crippen molar-refractivity contribution in [1.82, 2.24) is 29.7 Å². The molecule has 2 aliphatic rings. The number of likely N-dealkylation sites (N-methyl/N-ethyl adjacent to an activating group) is 1. The molecule has 0 atom stereocenters. The SMILES string of the molecule is CN1CCN(c2cc(C(=O)N3CCN(c4cc(-c5ccccc5)ncn4)CC3)ncn2)CC1. The first-order valence-electron chi connectivity index (χ1n) is 11.3. The number of hydrogen-bond acceptors (Lipinski definition) is 8. The zero-order chi connectivity index (χ0) is 22.6. The van der Waals surface area contributed by atoms with Crippen LogP contribution in [0.25, 0.3) is 11.3 Å². The van der Waals surface area contributed by atoms with E-state index in [1.165, 1.54) is 6.33 Å². The maximum Gasteiger partial charge on any atom is 0.272 e. The molecule has 0 unspecified atom stereocenters. The van der Waals surface area contributed by atoms with Gasteiger partial charge in [-0.1, -0.05) is 30.3 Å². The maximum atomic E-state index is 13.1. The fourth-order valence-corrected chi connectivity index (χ4v) is 4.26. The first kappa shape index (κ1) is 21.3. The van der Waals surface area contributed by atoms with E-state index in [0.29, 0.717) is 31.9 Å². The number of nitrogens with zero attached hydrogens (tertiary/aromatic N) is 8. The minimum Gasteiger partial charge on any atom is -0.354 e. The molecule has 0 aliphatic carbocycles. The molecule has 0 spiro atoms. The average molecular weight is 445 g/mol. The molecular formula is C24H28N8O. The van der Waals surface area contributed by atoms with Crippen molar-refractivity contribution >= 4 is 17.5 Å². The lowest BCUT2D eigenvalue weighted by Crippen LogP contribution is -2.49. The number of carbonyl (C=O) groups excluding carboxylic acids is 1. The lowest BCUT2D eigenvalue weighted by atomic mass is 10.1. The summed E-state index contributed by atoms with van der Waals surface area (Å²) < 4.78 is 0. The second-order valence-corrected chi connectivity index (χ2v) is 8.46. The second-order valence-electron chi connectivity index (χ2n) is 8.46. The van der Waals surface area contributed by atoms with Gasteiger partial charge in [0.25, 0.3) is 5.91 Å². The predicted octanol–water partition coefficient (Wildman–Crippen LogP) is 1.65. The van der Waals surface area contributed by atoms with Gasteiger partial charge < -0.3 is 19.6 Å². The van der Waals surface area contributed by atoms with E-state index in [9.17, 15) is 4.79 Å². The average Bonchev–Trinajstić information content (AvgIpc) is 2.89. The normalized spacial score (nSPS) is 17.3. The summed E-state index contributed by atoms with van der Waals surface area (Å²) in [6, 6.07) is 13.9. The third-order valence-electron chi connectivity index (χ3n) is 6.31. The van der Waals surface area contributed by atoms with Crippen LogP contribution in [0.15, 0.2) is 55.1 Å². The van der Waals surface area contributed by atoms with Gasteiger partial charge >= 0.3 is 0 Å². The molecule has 0 N–H and O–H groups in total. The number of rotatable bonds is 4. The summed E-state index contributed by atoms with van der Waals surface area (Å²) in [4.78, 5) is 39.3. The van der Waals surface area contributed by atoms with E-state index >= 15 is 0 Å². The van der Waals surface area contributed by atoms with Crippen molar-refractivity contribution in [3.63, 3.8) is 0 Å². The fraction of sp³-hybridized carbons (Fsp3) is 0.375. The molecule has 4 heterocycles. The van der Waals surface area contributed by atoms with Crippen LogP contribution in [-0.4, -0.2) is 95.0 Å². The van der Waals surface area contributed by atoms with Gasteiger partial charge in [-0.25, -0.2) is 19.9 Å². The third-order valence-corrected chi connectivity index (χ3v) is 6.31. The second kappa shape index (κ2) is 9.50. The number of amides is 1. The number of hydrogen-bond donors (Lipinski definition) is 0. The van der Waals surface area contributed by atoms with Crippen molar-refractivity contribution in [1.29, 1.82) is 0 Å². The van der Waals surface area contributed by atoms with Crippen LogP contribution in [0.2, 0.25) is 0 Å². The largest absolute Gasteiger partial charge is 0.354 e. The van der Waals surface area contributed by atoms with Gasteiger partial charge in [0.15, 0.2) is 0 Å². The van der Waals surface area contributed by atoms with Crippen molar-refractivity contribution in [2.75, 3.05) is 69.2 Å². The highest BCUT2D eigenvalue weighted by molar-refractivity contribution is 5.93. The Kier molecular flexibility index (Phi) is 6.12. The van der Waals surface area contributed by atoms with Gasteiger partial charge in [-0.3, -0.25) is 4.79 Å². The molecule has 2 aromatic heterocycles. The van der Waals surface area contributed by atoms with Gasteiger partial charge in [0.05, 0.1) is 5.69 Å². The van der Waals surface area contributed by atoms with Crippen LogP contribution in [0.5, 0.6) is 0 Å². The summed E-state index contributed by atoms with van der Waals surface area (Å²) >= 11 is 0. The van der Waals surface area contributed by atoms with Gasteiger partial charge in [0.2, 0.25) is 0 Å². The van der Waals surface area contributed by atoms with Crippen LogP contribution in [0.3, 0.4) is 0 Å². The summed E-state index contributed by atoms with van der Waals surface area (Å²) in [5.74, 6) is 1.67. The molecule has 5 rings (SSSR count). The van der Waals surface area contributed by atoms with Crippen LogP contribution >= 0.6 is 0 Å². The van der Waals surface area contributed by atoms with Crippen molar-refractivity contribution in [2.45, 2.75) is 0 Å². The van der Waals surface area contributed by atoms with Crippen LogP contribution in [0, 0.1) is 0 Å². The number of benzene rings is 1. The van der Waals surface area contributed by atoms with Crippen LogP contribution in [0.1, 0.15) is 10.5 Å². The van der Waals surface area contributed by atoms with E-state index in [1.807, 2.05) is 47.4 Å². The monoisotopic (exact) mass is 444 g/mol. The Morgan fingerprint density at radius 1 is 0.727 bits per heavy atom. The lowest BCUT2D eigenvalue weighted by Gasteiger charge is -2.35. The third kappa shape index (κ3) is 4.78. The van der Waals surface area contributed by atoms with E-state index in [-0.39, 0.29) is 5.91 Å². The minimum absolute atomic E-state index is 0.0416. The van der Waals surface area contributed by atoms with Crippen LogP contribution in [0.4, 0.5) is 11.6 Å². The molecule has 9 nitrogen and oxygen atoms in total. The molecule has 0 radical (unpaired) electrons.